The summed E-state index contributed by atoms with van der Waals surface area (Å²) in [6, 6.07) is 1.43. The molecular weight excluding hydrogens is 118 g/mol. The van der Waals surface area contributed by atoms with Crippen LogP contribution in [0.2, 0.25) is 0 Å². The van der Waals surface area contributed by atoms with Gasteiger partial charge < -0.3 is 5.73 Å². The van der Waals surface area contributed by atoms with Crippen molar-refractivity contribution in [1.82, 2.24) is 9.97 Å². The van der Waals surface area contributed by atoms with Gasteiger partial charge in [0.05, 0.1) is 0 Å². The van der Waals surface area contributed by atoms with Gasteiger partial charge in [-0.1, -0.05) is 0 Å². The lowest BCUT2D eigenvalue weighted by Crippen LogP contribution is -2.12. The van der Waals surface area contributed by atoms with Crippen LogP contribution in [-0.2, 0) is 0 Å². The molecule has 1 radical (unpaired) electrons. The Kier molecular flexibility index (Phi) is 1.40. The van der Waals surface area contributed by atoms with Gasteiger partial charge in [0.15, 0.2) is 6.33 Å². The first-order valence-electron chi connectivity index (χ1n) is 2.29. The zero-order chi connectivity index (χ0) is 6.69. The average molecular weight is 122 g/mol. The fourth-order valence-electron chi connectivity index (χ4n) is 0.398. The number of rotatable bonds is 1. The van der Waals surface area contributed by atoms with Gasteiger partial charge in [-0.3, -0.25) is 4.79 Å². The van der Waals surface area contributed by atoms with Crippen molar-refractivity contribution in [2.75, 3.05) is 0 Å². The highest BCUT2D eigenvalue weighted by Gasteiger charge is 1.97. The van der Waals surface area contributed by atoms with Crippen LogP contribution in [-0.4, -0.2) is 15.9 Å². The maximum Gasteiger partial charge on any atom is 0.267 e. The molecular formula is C5H4N3O. The predicted octanol–water partition coefficient (Wildman–Crippen LogP) is -0.624. The number of primary amides is 1. The Morgan fingerprint density at radius 2 is 2.56 bits per heavy atom. The zero-order valence-corrected chi connectivity index (χ0v) is 4.53. The molecule has 1 amide bonds. The molecule has 0 aliphatic heterocycles. The molecule has 2 N–H and O–H groups in total. The summed E-state index contributed by atoms with van der Waals surface area (Å²) in [5.41, 5.74) is 5.05. The van der Waals surface area contributed by atoms with Crippen LogP contribution in [0, 0.1) is 6.33 Å². The van der Waals surface area contributed by atoms with E-state index >= 15 is 0 Å². The van der Waals surface area contributed by atoms with Gasteiger partial charge in [0.1, 0.15) is 5.69 Å². The topological polar surface area (TPSA) is 68.9 Å². The summed E-state index contributed by atoms with van der Waals surface area (Å²) in [4.78, 5) is 17.3. The molecule has 9 heavy (non-hydrogen) atoms. The number of nitrogens with two attached hydrogens (primary N) is 1. The van der Waals surface area contributed by atoms with Crippen molar-refractivity contribution in [1.29, 1.82) is 0 Å². The summed E-state index contributed by atoms with van der Waals surface area (Å²) in [7, 11) is 0. The third kappa shape index (κ3) is 1.22. The largest absolute Gasteiger partial charge is 0.364 e. The highest BCUT2D eigenvalue weighted by Crippen LogP contribution is 1.85. The molecule has 0 unspecified atom stereocenters. The van der Waals surface area contributed by atoms with E-state index in [0.29, 0.717) is 0 Å². The number of carbonyl (C=O) groups excluding carboxylic acids is 1. The summed E-state index contributed by atoms with van der Waals surface area (Å²) in [6.07, 6.45) is 3.65. The summed E-state index contributed by atoms with van der Waals surface area (Å²) >= 11 is 0. The number of hydrogen-bond donors (Lipinski definition) is 1. The number of aromatic nitrogens is 2. The summed E-state index contributed by atoms with van der Waals surface area (Å²) < 4.78 is 0. The Morgan fingerprint density at radius 3 is 2.89 bits per heavy atom. The zero-order valence-electron chi connectivity index (χ0n) is 4.53. The van der Waals surface area contributed by atoms with Crippen LogP contribution in [0.25, 0.3) is 0 Å². The predicted molar refractivity (Wildman–Crippen MR) is 29.4 cm³/mol. The highest BCUT2D eigenvalue weighted by atomic mass is 16.1. The van der Waals surface area contributed by atoms with Crippen LogP contribution in [0.3, 0.4) is 0 Å². The number of nitrogens with zero attached hydrogens (tertiary/aromatic N) is 2. The highest BCUT2D eigenvalue weighted by molar-refractivity contribution is 5.90. The molecule has 0 spiro atoms. The van der Waals surface area contributed by atoms with Crippen molar-refractivity contribution in [3.8, 4) is 0 Å². The van der Waals surface area contributed by atoms with Crippen molar-refractivity contribution in [3.05, 3.63) is 24.3 Å². The van der Waals surface area contributed by atoms with Crippen molar-refractivity contribution in [2.24, 2.45) is 5.73 Å². The van der Waals surface area contributed by atoms with E-state index in [1.807, 2.05) is 0 Å². The van der Waals surface area contributed by atoms with E-state index in [2.05, 4.69) is 16.3 Å². The first-order valence-corrected chi connectivity index (χ1v) is 2.29. The normalized spacial score (nSPS) is 8.89. The van der Waals surface area contributed by atoms with Crippen LogP contribution < -0.4 is 5.73 Å². The molecule has 4 nitrogen and oxygen atoms in total. The minimum atomic E-state index is -0.561. The maximum absolute atomic E-state index is 10.3. The molecule has 0 fully saturated rings. The lowest BCUT2D eigenvalue weighted by molar-refractivity contribution is 0.0995. The van der Waals surface area contributed by atoms with Gasteiger partial charge in [-0.25, -0.2) is 9.97 Å². The quantitative estimate of drug-likeness (QED) is 0.539. The van der Waals surface area contributed by atoms with Crippen molar-refractivity contribution < 1.29 is 4.79 Å². The third-order valence-corrected chi connectivity index (χ3v) is 0.788. The van der Waals surface area contributed by atoms with Gasteiger partial charge in [0.2, 0.25) is 0 Å². The Labute approximate surface area is 51.7 Å². The van der Waals surface area contributed by atoms with Crippen molar-refractivity contribution >= 4 is 5.91 Å². The van der Waals surface area contributed by atoms with Crippen LogP contribution in [0.4, 0.5) is 0 Å². The van der Waals surface area contributed by atoms with Crippen LogP contribution in [0.5, 0.6) is 0 Å². The SMILES string of the molecule is NC(=O)c1ccn[c]n1. The fraction of sp³-hybridized carbons (Fsp3) is 0. The molecule has 45 valence electrons. The van der Waals surface area contributed by atoms with E-state index in [1.54, 1.807) is 0 Å². The third-order valence-electron chi connectivity index (χ3n) is 0.788. The van der Waals surface area contributed by atoms with Crippen molar-refractivity contribution in [2.45, 2.75) is 0 Å². The summed E-state index contributed by atoms with van der Waals surface area (Å²) in [6.45, 7) is 0. The van der Waals surface area contributed by atoms with E-state index in [-0.39, 0.29) is 5.69 Å². The van der Waals surface area contributed by atoms with Gasteiger partial charge in [0, 0.05) is 6.20 Å². The molecule has 0 atom stereocenters. The second-order valence-corrected chi connectivity index (χ2v) is 1.41. The molecule has 0 saturated heterocycles. The maximum atomic E-state index is 10.3. The average Bonchev–Trinajstić information content (AvgIpc) is 1.90. The lowest BCUT2D eigenvalue weighted by Gasteiger charge is -1.87. The van der Waals surface area contributed by atoms with E-state index in [1.165, 1.54) is 12.3 Å². The molecule has 1 rings (SSSR count). The molecule has 0 saturated carbocycles. The standard InChI is InChI=1S/C5H4N3O/c6-5(9)4-1-2-7-3-8-4/h1-2H,(H2,6,9). The second-order valence-electron chi connectivity index (χ2n) is 1.41. The monoisotopic (exact) mass is 122 g/mol. The van der Waals surface area contributed by atoms with E-state index in [9.17, 15) is 4.79 Å². The molecule has 1 aromatic rings. The van der Waals surface area contributed by atoms with E-state index < -0.39 is 5.91 Å². The van der Waals surface area contributed by atoms with E-state index in [0.717, 1.165) is 0 Å². The van der Waals surface area contributed by atoms with Gasteiger partial charge in [-0.05, 0) is 6.07 Å². The van der Waals surface area contributed by atoms with Crippen LogP contribution in [0.15, 0.2) is 12.3 Å². The first-order chi connectivity index (χ1) is 4.30. The lowest BCUT2D eigenvalue weighted by atomic mass is 10.4. The number of hydrogen-bond acceptors (Lipinski definition) is 3. The molecule has 0 aromatic carbocycles. The summed E-state index contributed by atoms with van der Waals surface area (Å²) in [5.74, 6) is -0.561. The Balaban J connectivity index is 2.98. The van der Waals surface area contributed by atoms with Gasteiger partial charge in [0.25, 0.3) is 5.91 Å². The minimum absolute atomic E-state index is 0.185. The van der Waals surface area contributed by atoms with Gasteiger partial charge in [-0.15, -0.1) is 0 Å². The number of carbonyl (C=O) groups is 1. The molecule has 1 aromatic heterocycles. The second kappa shape index (κ2) is 2.21. The van der Waals surface area contributed by atoms with Crippen LogP contribution in [0.1, 0.15) is 10.5 Å². The van der Waals surface area contributed by atoms with E-state index in [4.69, 9.17) is 5.73 Å². The minimum Gasteiger partial charge on any atom is -0.364 e. The van der Waals surface area contributed by atoms with Gasteiger partial charge >= 0.3 is 0 Å². The first kappa shape index (κ1) is 5.68. The molecule has 1 heterocycles. The molecule has 0 aliphatic carbocycles. The van der Waals surface area contributed by atoms with Crippen molar-refractivity contribution in [3.63, 3.8) is 0 Å². The molecule has 4 heteroatoms. The molecule has 0 aliphatic rings. The fourth-order valence-corrected chi connectivity index (χ4v) is 0.398. The van der Waals surface area contributed by atoms with Gasteiger partial charge in [-0.2, -0.15) is 0 Å². The Bertz CT molecular complexity index is 209. The Hall–Kier alpha value is -1.45. The Morgan fingerprint density at radius 1 is 1.78 bits per heavy atom. The smallest absolute Gasteiger partial charge is 0.267 e. The van der Waals surface area contributed by atoms with Crippen LogP contribution >= 0.6 is 0 Å². The molecule has 0 bridgehead atoms. The summed E-state index contributed by atoms with van der Waals surface area (Å²) in [5, 5.41) is 0. The number of amides is 1.